The molecule has 2 aromatic rings. The molecule has 0 saturated carbocycles. The highest BCUT2D eigenvalue weighted by Gasteiger charge is 2.09. The molecular weight excluding hydrogens is 258 g/mol. The topological polar surface area (TPSA) is 42.1 Å². The van der Waals surface area contributed by atoms with Gasteiger partial charge in [-0.1, -0.05) is 24.9 Å². The average Bonchev–Trinajstić information content (AvgIpc) is 2.42. The van der Waals surface area contributed by atoms with Gasteiger partial charge in [0.05, 0.1) is 5.52 Å². The fourth-order valence-corrected chi connectivity index (χ4v) is 2.41. The summed E-state index contributed by atoms with van der Waals surface area (Å²) in [7, 11) is 0. The van der Waals surface area contributed by atoms with Crippen LogP contribution in [0.2, 0.25) is 5.02 Å². The molecule has 0 bridgehead atoms. The molecule has 0 atom stereocenters. The van der Waals surface area contributed by atoms with E-state index in [1.807, 2.05) is 24.4 Å². The third kappa shape index (κ3) is 3.37. The van der Waals surface area contributed by atoms with Crippen LogP contribution in [0.5, 0.6) is 0 Å². The van der Waals surface area contributed by atoms with Gasteiger partial charge in [-0.3, -0.25) is 4.98 Å². The van der Waals surface area contributed by atoms with Gasteiger partial charge < -0.3 is 10.6 Å². The number of benzene rings is 1. The number of fused-ring (bicyclic) bond motifs is 1. The standard InChI is InChI=1S/C15H20ClN3/c1-2-3-9-19(10-7-17)15-6-8-18-14-11-12(16)4-5-13(14)15/h4-6,8,11H,2-3,7,9-10,17H2,1H3. The smallest absolute Gasteiger partial charge is 0.0737 e. The van der Waals surface area contributed by atoms with E-state index < -0.39 is 0 Å². The quantitative estimate of drug-likeness (QED) is 0.879. The van der Waals surface area contributed by atoms with Crippen LogP contribution in [0.3, 0.4) is 0 Å². The molecule has 1 heterocycles. The summed E-state index contributed by atoms with van der Waals surface area (Å²) in [5, 5.41) is 1.85. The average molecular weight is 278 g/mol. The molecule has 0 spiro atoms. The van der Waals surface area contributed by atoms with Crippen molar-refractivity contribution in [2.75, 3.05) is 24.5 Å². The minimum absolute atomic E-state index is 0.654. The second-order valence-corrected chi connectivity index (χ2v) is 5.06. The van der Waals surface area contributed by atoms with Gasteiger partial charge in [0.1, 0.15) is 0 Å². The highest BCUT2D eigenvalue weighted by Crippen LogP contribution is 2.27. The van der Waals surface area contributed by atoms with Gasteiger partial charge in [-0.25, -0.2) is 0 Å². The number of pyridine rings is 1. The van der Waals surface area contributed by atoms with Crippen molar-refractivity contribution in [3.8, 4) is 0 Å². The predicted molar refractivity (Wildman–Crippen MR) is 82.9 cm³/mol. The second-order valence-electron chi connectivity index (χ2n) is 4.62. The molecule has 0 unspecified atom stereocenters. The molecule has 0 saturated heterocycles. The minimum Gasteiger partial charge on any atom is -0.370 e. The zero-order valence-electron chi connectivity index (χ0n) is 11.3. The molecule has 0 radical (unpaired) electrons. The Hall–Kier alpha value is -1.32. The molecule has 0 aliphatic carbocycles. The molecule has 4 heteroatoms. The lowest BCUT2D eigenvalue weighted by atomic mass is 10.1. The molecule has 102 valence electrons. The van der Waals surface area contributed by atoms with Gasteiger partial charge >= 0.3 is 0 Å². The molecular formula is C15H20ClN3. The number of aromatic nitrogens is 1. The van der Waals surface area contributed by atoms with Crippen LogP contribution in [0.1, 0.15) is 19.8 Å². The number of rotatable bonds is 6. The molecule has 2 N–H and O–H groups in total. The van der Waals surface area contributed by atoms with Gasteiger partial charge in [0, 0.05) is 41.9 Å². The summed E-state index contributed by atoms with van der Waals surface area (Å²) in [4.78, 5) is 6.72. The van der Waals surface area contributed by atoms with Crippen molar-refractivity contribution in [2.24, 2.45) is 5.73 Å². The van der Waals surface area contributed by atoms with Gasteiger partial charge in [0.2, 0.25) is 0 Å². The lowest BCUT2D eigenvalue weighted by Gasteiger charge is -2.25. The Kier molecular flexibility index (Phi) is 5.00. The molecule has 0 fully saturated rings. The van der Waals surface area contributed by atoms with E-state index in [1.165, 1.54) is 12.1 Å². The third-order valence-corrected chi connectivity index (χ3v) is 3.44. The van der Waals surface area contributed by atoms with Crippen molar-refractivity contribution in [3.63, 3.8) is 0 Å². The summed E-state index contributed by atoms with van der Waals surface area (Å²) in [6.45, 7) is 4.74. The maximum atomic E-state index is 6.02. The van der Waals surface area contributed by atoms with Crippen molar-refractivity contribution in [1.82, 2.24) is 4.98 Å². The first kappa shape index (κ1) is 14.1. The van der Waals surface area contributed by atoms with Crippen LogP contribution in [-0.4, -0.2) is 24.6 Å². The van der Waals surface area contributed by atoms with E-state index in [0.29, 0.717) is 6.54 Å². The third-order valence-electron chi connectivity index (χ3n) is 3.20. The largest absolute Gasteiger partial charge is 0.370 e. The lowest BCUT2D eigenvalue weighted by Crippen LogP contribution is -2.30. The van der Waals surface area contributed by atoms with E-state index in [9.17, 15) is 0 Å². The van der Waals surface area contributed by atoms with Crippen LogP contribution in [0.25, 0.3) is 10.9 Å². The number of hydrogen-bond donors (Lipinski definition) is 1. The molecule has 3 nitrogen and oxygen atoms in total. The van der Waals surface area contributed by atoms with Crippen LogP contribution in [0.4, 0.5) is 5.69 Å². The first-order chi connectivity index (χ1) is 9.26. The molecule has 19 heavy (non-hydrogen) atoms. The summed E-state index contributed by atoms with van der Waals surface area (Å²) in [5.74, 6) is 0. The van der Waals surface area contributed by atoms with Crippen LogP contribution in [0.15, 0.2) is 30.5 Å². The zero-order chi connectivity index (χ0) is 13.7. The predicted octanol–water partition coefficient (Wildman–Crippen LogP) is 3.45. The van der Waals surface area contributed by atoms with E-state index in [0.717, 1.165) is 35.4 Å². The van der Waals surface area contributed by atoms with Crippen LogP contribution >= 0.6 is 11.6 Å². The van der Waals surface area contributed by atoms with Gasteiger partial charge in [-0.05, 0) is 30.7 Å². The Morgan fingerprint density at radius 3 is 2.84 bits per heavy atom. The van der Waals surface area contributed by atoms with E-state index in [2.05, 4.69) is 22.9 Å². The number of hydrogen-bond acceptors (Lipinski definition) is 3. The van der Waals surface area contributed by atoms with E-state index in [4.69, 9.17) is 17.3 Å². The first-order valence-corrected chi connectivity index (χ1v) is 7.13. The fourth-order valence-electron chi connectivity index (χ4n) is 2.24. The molecule has 2 rings (SSSR count). The summed E-state index contributed by atoms with van der Waals surface area (Å²) >= 11 is 6.02. The van der Waals surface area contributed by atoms with E-state index in [1.54, 1.807) is 0 Å². The maximum absolute atomic E-state index is 6.02. The monoisotopic (exact) mass is 277 g/mol. The summed E-state index contributed by atoms with van der Waals surface area (Å²) in [6.07, 6.45) is 4.18. The zero-order valence-corrected chi connectivity index (χ0v) is 12.0. The Balaban J connectivity index is 2.40. The van der Waals surface area contributed by atoms with Gasteiger partial charge in [-0.2, -0.15) is 0 Å². The van der Waals surface area contributed by atoms with Crippen molar-refractivity contribution >= 4 is 28.2 Å². The molecule has 0 amide bonds. The number of unbranched alkanes of at least 4 members (excludes halogenated alkanes) is 1. The van der Waals surface area contributed by atoms with E-state index >= 15 is 0 Å². The Morgan fingerprint density at radius 1 is 1.26 bits per heavy atom. The van der Waals surface area contributed by atoms with Crippen LogP contribution < -0.4 is 10.6 Å². The summed E-state index contributed by atoms with van der Waals surface area (Å²) < 4.78 is 0. The minimum atomic E-state index is 0.654. The van der Waals surface area contributed by atoms with Crippen LogP contribution in [-0.2, 0) is 0 Å². The SMILES string of the molecule is CCCCN(CCN)c1ccnc2cc(Cl)ccc12. The molecule has 0 aliphatic rings. The Morgan fingerprint density at radius 2 is 2.11 bits per heavy atom. The Bertz CT molecular complexity index is 542. The number of anilines is 1. The van der Waals surface area contributed by atoms with Gasteiger partial charge in [0.15, 0.2) is 0 Å². The summed E-state index contributed by atoms with van der Waals surface area (Å²) in [5.41, 5.74) is 7.86. The van der Waals surface area contributed by atoms with Gasteiger partial charge in [-0.15, -0.1) is 0 Å². The highest BCUT2D eigenvalue weighted by molar-refractivity contribution is 6.31. The number of nitrogens with two attached hydrogens (primary N) is 1. The van der Waals surface area contributed by atoms with Crippen LogP contribution in [0, 0.1) is 0 Å². The lowest BCUT2D eigenvalue weighted by molar-refractivity contribution is 0.717. The normalized spacial score (nSPS) is 10.9. The highest BCUT2D eigenvalue weighted by atomic mass is 35.5. The molecule has 1 aromatic carbocycles. The van der Waals surface area contributed by atoms with Crippen molar-refractivity contribution in [1.29, 1.82) is 0 Å². The van der Waals surface area contributed by atoms with E-state index in [-0.39, 0.29) is 0 Å². The number of nitrogens with zero attached hydrogens (tertiary/aromatic N) is 2. The Labute approximate surface area is 119 Å². The fraction of sp³-hybridized carbons (Fsp3) is 0.400. The summed E-state index contributed by atoms with van der Waals surface area (Å²) in [6, 6.07) is 7.91. The van der Waals surface area contributed by atoms with Gasteiger partial charge in [0.25, 0.3) is 0 Å². The molecule has 0 aliphatic heterocycles. The van der Waals surface area contributed by atoms with Crippen molar-refractivity contribution in [3.05, 3.63) is 35.5 Å². The second kappa shape index (κ2) is 6.73. The van der Waals surface area contributed by atoms with Crippen molar-refractivity contribution in [2.45, 2.75) is 19.8 Å². The number of halogens is 1. The van der Waals surface area contributed by atoms with Crippen molar-refractivity contribution < 1.29 is 0 Å². The molecule has 1 aromatic heterocycles. The first-order valence-electron chi connectivity index (χ1n) is 6.75. The maximum Gasteiger partial charge on any atom is 0.0737 e.